The van der Waals surface area contributed by atoms with E-state index in [0.29, 0.717) is 15.0 Å². The summed E-state index contributed by atoms with van der Waals surface area (Å²) in [4.78, 5) is 27.5. The zero-order chi connectivity index (χ0) is 22.1. The van der Waals surface area contributed by atoms with E-state index in [-0.39, 0.29) is 11.3 Å². The summed E-state index contributed by atoms with van der Waals surface area (Å²) in [7, 11) is 0. The molecule has 2 heterocycles. The van der Waals surface area contributed by atoms with Crippen LogP contribution >= 0.6 is 23.1 Å². The SMILES string of the molecule is CCc1ccc(C2/C(=C(\O)c3ccc(C)cc3)C(=O)C(=O)N2c2nnc(SC)s2)cc1. The highest BCUT2D eigenvalue weighted by atomic mass is 32.2. The number of nitrogens with zero attached hydrogens (tertiary/aromatic N) is 3. The maximum absolute atomic E-state index is 13.1. The van der Waals surface area contributed by atoms with Crippen LogP contribution in [0.2, 0.25) is 0 Å². The van der Waals surface area contributed by atoms with E-state index in [1.807, 2.05) is 49.6 Å². The second-order valence-corrected chi connectivity index (χ2v) is 9.19. The first-order chi connectivity index (χ1) is 14.9. The lowest BCUT2D eigenvalue weighted by Crippen LogP contribution is -2.29. The molecule has 2 aromatic carbocycles. The Morgan fingerprint density at radius 2 is 1.77 bits per heavy atom. The molecule has 4 rings (SSSR count). The standard InChI is InChI=1S/C23H21N3O3S2/c1-4-14-7-11-15(12-8-14)18-17(19(27)16-9-5-13(2)6-10-16)20(28)21(29)26(18)22-24-25-23(30-3)31-22/h5-12,18,27H,4H2,1-3H3/b19-17+. The number of aliphatic hydroxyl groups excluding tert-OH is 1. The number of thioether (sulfide) groups is 1. The first kappa shape index (κ1) is 21.3. The molecule has 6 nitrogen and oxygen atoms in total. The van der Waals surface area contributed by atoms with Gasteiger partial charge in [-0.15, -0.1) is 10.2 Å². The molecule has 1 aliphatic heterocycles. The van der Waals surface area contributed by atoms with E-state index in [1.54, 1.807) is 12.1 Å². The summed E-state index contributed by atoms with van der Waals surface area (Å²) >= 11 is 2.66. The molecular weight excluding hydrogens is 430 g/mol. The third kappa shape index (κ3) is 3.88. The number of aliphatic hydroxyl groups is 1. The topological polar surface area (TPSA) is 83.4 Å². The molecule has 0 aliphatic carbocycles. The molecule has 158 valence electrons. The van der Waals surface area contributed by atoms with E-state index in [2.05, 4.69) is 17.1 Å². The van der Waals surface area contributed by atoms with Gasteiger partial charge >= 0.3 is 5.91 Å². The van der Waals surface area contributed by atoms with Crippen molar-refractivity contribution >= 4 is 45.7 Å². The number of carbonyl (C=O) groups excluding carboxylic acids is 2. The third-order valence-corrected chi connectivity index (χ3v) is 7.15. The molecule has 3 aromatic rings. The Bertz CT molecular complexity index is 1170. The van der Waals surface area contributed by atoms with E-state index in [0.717, 1.165) is 23.1 Å². The summed E-state index contributed by atoms with van der Waals surface area (Å²) < 4.78 is 0.690. The number of ketones is 1. The lowest BCUT2D eigenvalue weighted by molar-refractivity contribution is -0.132. The van der Waals surface area contributed by atoms with Crippen molar-refractivity contribution < 1.29 is 14.7 Å². The molecule has 1 amide bonds. The number of hydrogen-bond donors (Lipinski definition) is 1. The maximum Gasteiger partial charge on any atom is 0.301 e. The van der Waals surface area contributed by atoms with Gasteiger partial charge in [0.2, 0.25) is 5.13 Å². The van der Waals surface area contributed by atoms with Gasteiger partial charge in [0.15, 0.2) is 4.34 Å². The van der Waals surface area contributed by atoms with Gasteiger partial charge in [0, 0.05) is 5.56 Å². The minimum atomic E-state index is -0.783. The van der Waals surface area contributed by atoms with Crippen molar-refractivity contribution in [2.45, 2.75) is 30.6 Å². The highest BCUT2D eigenvalue weighted by molar-refractivity contribution is 8.00. The van der Waals surface area contributed by atoms with Crippen molar-refractivity contribution in [1.82, 2.24) is 10.2 Å². The van der Waals surface area contributed by atoms with Crippen molar-refractivity contribution in [2.24, 2.45) is 0 Å². The Hall–Kier alpha value is -2.97. The van der Waals surface area contributed by atoms with Crippen molar-refractivity contribution in [3.05, 3.63) is 76.4 Å². The Morgan fingerprint density at radius 1 is 1.10 bits per heavy atom. The van der Waals surface area contributed by atoms with Crippen LogP contribution in [0.1, 0.15) is 35.2 Å². The summed E-state index contributed by atoms with van der Waals surface area (Å²) in [6, 6.07) is 14.1. The van der Waals surface area contributed by atoms with Crippen LogP contribution in [0.15, 0.2) is 58.4 Å². The number of anilines is 1. The first-order valence-corrected chi connectivity index (χ1v) is 11.8. The molecule has 0 radical (unpaired) electrons. The van der Waals surface area contributed by atoms with Crippen molar-refractivity contribution in [3.8, 4) is 0 Å². The quantitative estimate of drug-likeness (QED) is 0.198. The van der Waals surface area contributed by atoms with Crippen LogP contribution in [0.5, 0.6) is 0 Å². The minimum absolute atomic E-state index is 0.0546. The summed E-state index contributed by atoms with van der Waals surface area (Å²) in [5.74, 6) is -1.65. The zero-order valence-electron chi connectivity index (χ0n) is 17.3. The Morgan fingerprint density at radius 3 is 2.35 bits per heavy atom. The lowest BCUT2D eigenvalue weighted by Gasteiger charge is -2.22. The Balaban J connectivity index is 1.91. The second kappa shape index (κ2) is 8.64. The van der Waals surface area contributed by atoms with E-state index < -0.39 is 17.7 Å². The van der Waals surface area contributed by atoms with E-state index in [1.165, 1.54) is 28.0 Å². The van der Waals surface area contributed by atoms with Crippen LogP contribution in [0, 0.1) is 6.92 Å². The highest BCUT2D eigenvalue weighted by Gasteiger charge is 2.48. The van der Waals surface area contributed by atoms with Crippen LogP contribution in [-0.2, 0) is 16.0 Å². The lowest BCUT2D eigenvalue weighted by atomic mass is 9.94. The van der Waals surface area contributed by atoms with E-state index in [9.17, 15) is 14.7 Å². The van der Waals surface area contributed by atoms with Crippen LogP contribution in [0.25, 0.3) is 5.76 Å². The summed E-state index contributed by atoms with van der Waals surface area (Å²) in [5, 5.41) is 19.6. The van der Waals surface area contributed by atoms with Gasteiger partial charge in [0.1, 0.15) is 5.76 Å². The molecule has 0 bridgehead atoms. The van der Waals surface area contributed by atoms with E-state index >= 15 is 0 Å². The molecule has 1 N–H and O–H groups in total. The Labute approximate surface area is 188 Å². The third-order valence-electron chi connectivity index (χ3n) is 5.25. The van der Waals surface area contributed by atoms with Crippen LogP contribution in [-0.4, -0.2) is 33.3 Å². The number of amides is 1. The molecule has 1 atom stereocenters. The number of aryl methyl sites for hydroxylation is 2. The Kier molecular flexibility index (Phi) is 5.93. The van der Waals surface area contributed by atoms with Gasteiger partial charge < -0.3 is 5.11 Å². The molecule has 0 saturated carbocycles. The molecule has 8 heteroatoms. The fourth-order valence-electron chi connectivity index (χ4n) is 3.53. The number of carbonyl (C=O) groups is 2. The van der Waals surface area contributed by atoms with Gasteiger partial charge in [0.25, 0.3) is 5.78 Å². The highest BCUT2D eigenvalue weighted by Crippen LogP contribution is 2.43. The van der Waals surface area contributed by atoms with Gasteiger partial charge in [-0.25, -0.2) is 0 Å². The van der Waals surface area contributed by atoms with E-state index in [4.69, 9.17) is 0 Å². The number of hydrogen-bond acceptors (Lipinski definition) is 7. The molecule has 31 heavy (non-hydrogen) atoms. The minimum Gasteiger partial charge on any atom is -0.507 e. The van der Waals surface area contributed by atoms with Crippen LogP contribution < -0.4 is 4.90 Å². The monoisotopic (exact) mass is 451 g/mol. The van der Waals surface area contributed by atoms with Gasteiger partial charge in [0.05, 0.1) is 11.6 Å². The van der Waals surface area contributed by atoms with Gasteiger partial charge in [-0.2, -0.15) is 0 Å². The molecule has 1 aliphatic rings. The smallest absolute Gasteiger partial charge is 0.301 e. The number of rotatable bonds is 5. The molecule has 1 saturated heterocycles. The van der Waals surface area contributed by atoms with Crippen molar-refractivity contribution in [3.63, 3.8) is 0 Å². The molecule has 0 spiro atoms. The van der Waals surface area contributed by atoms with Gasteiger partial charge in [-0.1, -0.05) is 84.1 Å². The van der Waals surface area contributed by atoms with Crippen molar-refractivity contribution in [1.29, 1.82) is 0 Å². The largest absolute Gasteiger partial charge is 0.507 e. The first-order valence-electron chi connectivity index (χ1n) is 9.79. The predicted octanol–water partition coefficient (Wildman–Crippen LogP) is 4.76. The fourth-order valence-corrected chi connectivity index (χ4v) is 4.82. The average molecular weight is 452 g/mol. The normalized spacial score (nSPS) is 18.0. The van der Waals surface area contributed by atoms with Crippen molar-refractivity contribution in [2.75, 3.05) is 11.2 Å². The molecule has 1 unspecified atom stereocenters. The zero-order valence-corrected chi connectivity index (χ0v) is 19.0. The average Bonchev–Trinajstić information content (AvgIpc) is 3.36. The predicted molar refractivity (Wildman–Crippen MR) is 123 cm³/mol. The molecular formula is C23H21N3O3S2. The van der Waals surface area contributed by atoms with Gasteiger partial charge in [-0.3, -0.25) is 14.5 Å². The molecule has 1 aromatic heterocycles. The summed E-state index contributed by atoms with van der Waals surface area (Å²) in [6.07, 6.45) is 2.74. The summed E-state index contributed by atoms with van der Waals surface area (Å²) in [6.45, 7) is 4.00. The van der Waals surface area contributed by atoms with Crippen LogP contribution in [0.4, 0.5) is 5.13 Å². The molecule has 1 fully saturated rings. The van der Waals surface area contributed by atoms with Crippen LogP contribution in [0.3, 0.4) is 0 Å². The summed E-state index contributed by atoms with van der Waals surface area (Å²) in [5.41, 5.74) is 3.44. The van der Waals surface area contributed by atoms with Gasteiger partial charge in [-0.05, 0) is 30.7 Å². The number of aromatic nitrogens is 2. The fraction of sp³-hybridized carbons (Fsp3) is 0.217. The number of Topliss-reactive ketones (excluding diaryl/α,β-unsaturated/α-hetero) is 1. The second-order valence-electron chi connectivity index (χ2n) is 7.18. The maximum atomic E-state index is 13.1. The number of benzene rings is 2.